The van der Waals surface area contributed by atoms with Crippen molar-refractivity contribution in [2.75, 3.05) is 10.6 Å². The normalized spacial score (nSPS) is 11.2. The highest BCUT2D eigenvalue weighted by Gasteiger charge is 2.10. The van der Waals surface area contributed by atoms with Gasteiger partial charge in [-0.1, -0.05) is 12.1 Å². The first-order chi connectivity index (χ1) is 9.42. The molecular weight excluding hydrogens is 255 g/mol. The first-order valence-electron chi connectivity index (χ1n) is 6.52. The van der Waals surface area contributed by atoms with Crippen LogP contribution in [0, 0.1) is 5.82 Å². The summed E-state index contributed by atoms with van der Waals surface area (Å²) >= 11 is 0. The zero-order valence-corrected chi connectivity index (χ0v) is 11.9. The van der Waals surface area contributed by atoms with Gasteiger partial charge in [0.25, 0.3) is 0 Å². The van der Waals surface area contributed by atoms with Crippen molar-refractivity contribution in [2.45, 2.75) is 32.9 Å². The molecular formula is C15H19FN4. The zero-order chi connectivity index (χ0) is 14.6. The van der Waals surface area contributed by atoms with Gasteiger partial charge in [-0.3, -0.25) is 0 Å². The van der Waals surface area contributed by atoms with Crippen molar-refractivity contribution in [3.05, 3.63) is 47.9 Å². The van der Waals surface area contributed by atoms with Gasteiger partial charge in [0.15, 0.2) is 0 Å². The third-order valence-electron chi connectivity index (χ3n) is 2.52. The van der Waals surface area contributed by atoms with Crippen LogP contribution in [0.2, 0.25) is 0 Å². The van der Waals surface area contributed by atoms with Gasteiger partial charge in [-0.2, -0.15) is 4.98 Å². The highest BCUT2D eigenvalue weighted by molar-refractivity contribution is 5.41. The average molecular weight is 274 g/mol. The summed E-state index contributed by atoms with van der Waals surface area (Å²) in [5, 5.41) is 6.41. The molecule has 5 heteroatoms. The molecule has 0 spiro atoms. The van der Waals surface area contributed by atoms with E-state index in [4.69, 9.17) is 0 Å². The van der Waals surface area contributed by atoms with E-state index in [0.29, 0.717) is 12.5 Å². The van der Waals surface area contributed by atoms with Gasteiger partial charge >= 0.3 is 0 Å². The van der Waals surface area contributed by atoms with Gasteiger partial charge in [0, 0.05) is 18.3 Å². The standard InChI is InChI=1S/C15H19FN4/c1-15(2,3)20-13-8-9-17-14(19-13)18-10-11-4-6-12(16)7-5-11/h4-9H,10H2,1-3H3,(H2,17,18,19,20). The van der Waals surface area contributed by atoms with Crippen molar-refractivity contribution in [1.29, 1.82) is 0 Å². The van der Waals surface area contributed by atoms with Crippen molar-refractivity contribution in [3.8, 4) is 0 Å². The Bertz CT molecular complexity index is 561. The molecule has 1 heterocycles. The maximum Gasteiger partial charge on any atom is 0.224 e. The Kier molecular flexibility index (Phi) is 4.17. The molecule has 2 aromatic rings. The summed E-state index contributed by atoms with van der Waals surface area (Å²) < 4.78 is 12.8. The molecule has 2 N–H and O–H groups in total. The minimum absolute atomic E-state index is 0.0530. The van der Waals surface area contributed by atoms with E-state index in [2.05, 4.69) is 41.4 Å². The third kappa shape index (κ3) is 4.50. The molecule has 0 aliphatic heterocycles. The van der Waals surface area contributed by atoms with Crippen molar-refractivity contribution >= 4 is 11.8 Å². The van der Waals surface area contributed by atoms with E-state index in [1.807, 2.05) is 6.07 Å². The summed E-state index contributed by atoms with van der Waals surface area (Å²) in [5.41, 5.74) is 0.923. The number of aromatic nitrogens is 2. The fourth-order valence-electron chi connectivity index (χ4n) is 1.68. The molecule has 4 nitrogen and oxygen atoms in total. The average Bonchev–Trinajstić information content (AvgIpc) is 2.36. The van der Waals surface area contributed by atoms with Crippen molar-refractivity contribution < 1.29 is 4.39 Å². The smallest absolute Gasteiger partial charge is 0.224 e. The molecule has 1 aromatic carbocycles. The van der Waals surface area contributed by atoms with Crippen LogP contribution >= 0.6 is 0 Å². The van der Waals surface area contributed by atoms with Crippen LogP contribution in [0.4, 0.5) is 16.2 Å². The number of nitrogens with zero attached hydrogens (tertiary/aromatic N) is 2. The molecule has 0 saturated carbocycles. The first kappa shape index (κ1) is 14.2. The number of halogens is 1. The fraction of sp³-hybridized carbons (Fsp3) is 0.333. The Labute approximate surface area is 118 Å². The Morgan fingerprint density at radius 1 is 1.10 bits per heavy atom. The summed E-state index contributed by atoms with van der Waals surface area (Å²) in [7, 11) is 0. The Hall–Kier alpha value is -2.17. The molecule has 0 bridgehead atoms. The lowest BCUT2D eigenvalue weighted by Crippen LogP contribution is -2.26. The number of anilines is 2. The third-order valence-corrected chi connectivity index (χ3v) is 2.52. The van der Waals surface area contributed by atoms with Gasteiger partial charge in [0.2, 0.25) is 5.95 Å². The van der Waals surface area contributed by atoms with Gasteiger partial charge in [0.1, 0.15) is 11.6 Å². The first-order valence-corrected chi connectivity index (χ1v) is 6.52. The number of hydrogen-bond acceptors (Lipinski definition) is 4. The Morgan fingerprint density at radius 3 is 2.45 bits per heavy atom. The van der Waals surface area contributed by atoms with Crippen molar-refractivity contribution in [1.82, 2.24) is 9.97 Å². The van der Waals surface area contributed by atoms with E-state index in [1.165, 1.54) is 12.1 Å². The van der Waals surface area contributed by atoms with Crippen LogP contribution in [0.15, 0.2) is 36.5 Å². The molecule has 2 rings (SSSR count). The monoisotopic (exact) mass is 274 g/mol. The van der Waals surface area contributed by atoms with Gasteiger partial charge in [-0.15, -0.1) is 0 Å². The molecule has 0 unspecified atom stereocenters. The SMILES string of the molecule is CC(C)(C)Nc1ccnc(NCc2ccc(F)cc2)n1. The molecule has 0 fully saturated rings. The highest BCUT2D eigenvalue weighted by atomic mass is 19.1. The van der Waals surface area contributed by atoms with Crippen LogP contribution in [-0.4, -0.2) is 15.5 Å². The second kappa shape index (κ2) is 5.86. The number of nitrogens with one attached hydrogen (secondary N) is 2. The number of hydrogen-bond donors (Lipinski definition) is 2. The van der Waals surface area contributed by atoms with E-state index < -0.39 is 0 Å². The minimum Gasteiger partial charge on any atom is -0.365 e. The molecule has 106 valence electrons. The Balaban J connectivity index is 1.99. The summed E-state index contributed by atoms with van der Waals surface area (Å²) in [4.78, 5) is 8.55. The molecule has 0 radical (unpaired) electrons. The zero-order valence-electron chi connectivity index (χ0n) is 11.9. The van der Waals surface area contributed by atoms with E-state index in [9.17, 15) is 4.39 Å². The van der Waals surface area contributed by atoms with Gasteiger partial charge in [-0.05, 0) is 44.5 Å². The van der Waals surface area contributed by atoms with Crippen LogP contribution in [-0.2, 0) is 6.54 Å². The molecule has 0 saturated heterocycles. The van der Waals surface area contributed by atoms with Gasteiger partial charge < -0.3 is 10.6 Å². The molecule has 1 aromatic heterocycles. The highest BCUT2D eigenvalue weighted by Crippen LogP contribution is 2.13. The fourth-order valence-corrected chi connectivity index (χ4v) is 1.68. The summed E-state index contributed by atoms with van der Waals surface area (Å²) in [6.07, 6.45) is 1.70. The largest absolute Gasteiger partial charge is 0.365 e. The maximum atomic E-state index is 12.8. The topological polar surface area (TPSA) is 49.8 Å². The van der Waals surface area contributed by atoms with Crippen LogP contribution in [0.3, 0.4) is 0 Å². The lowest BCUT2D eigenvalue weighted by Gasteiger charge is -2.21. The molecule has 0 aliphatic carbocycles. The molecule has 0 atom stereocenters. The van der Waals surface area contributed by atoms with Crippen LogP contribution in [0.25, 0.3) is 0 Å². The lowest BCUT2D eigenvalue weighted by molar-refractivity contribution is 0.627. The number of rotatable bonds is 4. The summed E-state index contributed by atoms with van der Waals surface area (Å²) in [6.45, 7) is 6.77. The predicted octanol–water partition coefficient (Wildman–Crippen LogP) is 3.44. The second-order valence-corrected chi connectivity index (χ2v) is 5.62. The van der Waals surface area contributed by atoms with Gasteiger partial charge in [-0.25, -0.2) is 9.37 Å². The molecule has 20 heavy (non-hydrogen) atoms. The number of benzene rings is 1. The van der Waals surface area contributed by atoms with Crippen molar-refractivity contribution in [2.24, 2.45) is 0 Å². The van der Waals surface area contributed by atoms with E-state index in [1.54, 1.807) is 18.3 Å². The molecule has 0 aliphatic rings. The summed E-state index contributed by atoms with van der Waals surface area (Å²) in [5.74, 6) is 1.08. The van der Waals surface area contributed by atoms with Crippen LogP contribution < -0.4 is 10.6 Å². The second-order valence-electron chi connectivity index (χ2n) is 5.62. The van der Waals surface area contributed by atoms with E-state index in [0.717, 1.165) is 11.4 Å². The van der Waals surface area contributed by atoms with Crippen LogP contribution in [0.5, 0.6) is 0 Å². The van der Waals surface area contributed by atoms with Crippen molar-refractivity contribution in [3.63, 3.8) is 0 Å². The van der Waals surface area contributed by atoms with Gasteiger partial charge in [0.05, 0.1) is 0 Å². The quantitative estimate of drug-likeness (QED) is 0.896. The lowest BCUT2D eigenvalue weighted by atomic mass is 10.1. The maximum absolute atomic E-state index is 12.8. The minimum atomic E-state index is -0.235. The van der Waals surface area contributed by atoms with E-state index in [-0.39, 0.29) is 11.4 Å². The summed E-state index contributed by atoms with van der Waals surface area (Å²) in [6, 6.07) is 8.18. The van der Waals surface area contributed by atoms with Crippen LogP contribution in [0.1, 0.15) is 26.3 Å². The van der Waals surface area contributed by atoms with E-state index >= 15 is 0 Å². The Morgan fingerprint density at radius 2 is 1.80 bits per heavy atom. The molecule has 0 amide bonds. The predicted molar refractivity (Wildman–Crippen MR) is 79.1 cm³/mol.